The van der Waals surface area contributed by atoms with E-state index in [9.17, 15) is 5.11 Å². The highest BCUT2D eigenvalue weighted by atomic mass is 16.5. The number of nitrogens with zero attached hydrogens (tertiary/aromatic N) is 1. The Kier molecular flexibility index (Phi) is 3.13. The van der Waals surface area contributed by atoms with Crippen molar-refractivity contribution < 1.29 is 14.6 Å². The average molecular weight is 267 g/mol. The number of hydrogen-bond donors (Lipinski definition) is 1. The molecule has 3 aromatic rings. The predicted octanol–water partition coefficient (Wildman–Crippen LogP) is 3.74. The van der Waals surface area contributed by atoms with Crippen molar-refractivity contribution in [2.45, 2.75) is 0 Å². The van der Waals surface area contributed by atoms with E-state index in [1.54, 1.807) is 37.6 Å². The van der Waals surface area contributed by atoms with Crippen LogP contribution in [0.1, 0.15) is 0 Å². The van der Waals surface area contributed by atoms with Crippen LogP contribution >= 0.6 is 0 Å². The van der Waals surface area contributed by atoms with Gasteiger partial charge in [-0.05, 0) is 47.2 Å². The molecule has 0 fully saturated rings. The van der Waals surface area contributed by atoms with E-state index < -0.39 is 0 Å². The first-order valence-electron chi connectivity index (χ1n) is 6.16. The summed E-state index contributed by atoms with van der Waals surface area (Å²) in [5.74, 6) is 1.85. The first-order chi connectivity index (χ1) is 9.76. The summed E-state index contributed by atoms with van der Waals surface area (Å²) in [6, 6.07) is 14.4. The van der Waals surface area contributed by atoms with E-state index in [1.165, 1.54) is 0 Å². The predicted molar refractivity (Wildman–Crippen MR) is 76.5 cm³/mol. The van der Waals surface area contributed by atoms with Gasteiger partial charge in [-0.3, -0.25) is 0 Å². The molecule has 0 saturated heterocycles. The second-order valence-electron chi connectivity index (χ2n) is 4.31. The Hall–Kier alpha value is -2.75. The van der Waals surface area contributed by atoms with Gasteiger partial charge in [0.15, 0.2) is 5.75 Å². The molecule has 0 radical (unpaired) electrons. The number of pyridine rings is 1. The van der Waals surface area contributed by atoms with Crippen LogP contribution < -0.4 is 9.47 Å². The fraction of sp³-hybridized carbons (Fsp3) is 0.0625. The molecule has 0 saturated carbocycles. The van der Waals surface area contributed by atoms with E-state index in [2.05, 4.69) is 4.98 Å². The fourth-order valence-electron chi connectivity index (χ4n) is 2.00. The Morgan fingerprint density at radius 1 is 1.00 bits per heavy atom. The van der Waals surface area contributed by atoms with Crippen molar-refractivity contribution in [2.75, 3.05) is 7.11 Å². The van der Waals surface area contributed by atoms with Crippen LogP contribution in [0.15, 0.2) is 54.7 Å². The number of benzene rings is 2. The summed E-state index contributed by atoms with van der Waals surface area (Å²) < 4.78 is 10.9. The number of aromatic nitrogens is 1. The van der Waals surface area contributed by atoms with Gasteiger partial charge in [-0.1, -0.05) is 12.1 Å². The molecule has 4 heteroatoms. The molecule has 0 aliphatic carbocycles. The molecule has 0 atom stereocenters. The highest BCUT2D eigenvalue weighted by Gasteiger charge is 2.06. The van der Waals surface area contributed by atoms with Crippen molar-refractivity contribution in [2.24, 2.45) is 0 Å². The van der Waals surface area contributed by atoms with Gasteiger partial charge in [0.05, 0.1) is 7.11 Å². The van der Waals surface area contributed by atoms with Crippen LogP contribution in [0.2, 0.25) is 0 Å². The van der Waals surface area contributed by atoms with Crippen molar-refractivity contribution in [1.29, 1.82) is 0 Å². The van der Waals surface area contributed by atoms with Crippen molar-refractivity contribution in [3.63, 3.8) is 0 Å². The first kappa shape index (κ1) is 12.3. The fourth-order valence-corrected chi connectivity index (χ4v) is 2.00. The van der Waals surface area contributed by atoms with Gasteiger partial charge in [0.2, 0.25) is 0 Å². The standard InChI is InChI=1S/C16H13NO3/c1-19-15-3-2-8-17-16(15)20-14-7-5-11-4-6-13(18)9-12(11)10-14/h2-10,18H,1H3. The summed E-state index contributed by atoms with van der Waals surface area (Å²) >= 11 is 0. The molecular weight excluding hydrogens is 254 g/mol. The normalized spacial score (nSPS) is 10.4. The third-order valence-corrected chi connectivity index (χ3v) is 2.97. The SMILES string of the molecule is COc1cccnc1Oc1ccc2ccc(O)cc2c1. The number of phenols is 1. The van der Waals surface area contributed by atoms with E-state index in [4.69, 9.17) is 9.47 Å². The van der Waals surface area contributed by atoms with E-state index in [0.717, 1.165) is 10.8 Å². The van der Waals surface area contributed by atoms with Gasteiger partial charge in [0.25, 0.3) is 5.88 Å². The van der Waals surface area contributed by atoms with Gasteiger partial charge in [-0.15, -0.1) is 0 Å². The van der Waals surface area contributed by atoms with Gasteiger partial charge in [-0.25, -0.2) is 4.98 Å². The topological polar surface area (TPSA) is 51.6 Å². The highest BCUT2D eigenvalue weighted by Crippen LogP contribution is 2.31. The Bertz CT molecular complexity index is 756. The van der Waals surface area contributed by atoms with E-state index in [0.29, 0.717) is 17.4 Å². The molecule has 1 N–H and O–H groups in total. The maximum absolute atomic E-state index is 9.52. The largest absolute Gasteiger partial charge is 0.508 e. The lowest BCUT2D eigenvalue weighted by molar-refractivity contribution is 0.370. The summed E-state index contributed by atoms with van der Waals surface area (Å²) in [7, 11) is 1.57. The summed E-state index contributed by atoms with van der Waals surface area (Å²) in [5.41, 5.74) is 0. The molecule has 100 valence electrons. The number of aromatic hydroxyl groups is 1. The van der Waals surface area contributed by atoms with E-state index >= 15 is 0 Å². The molecule has 1 heterocycles. The molecule has 20 heavy (non-hydrogen) atoms. The van der Waals surface area contributed by atoms with E-state index in [1.807, 2.05) is 24.3 Å². The minimum absolute atomic E-state index is 0.227. The number of methoxy groups -OCH3 is 1. The zero-order valence-corrected chi connectivity index (χ0v) is 10.9. The summed E-state index contributed by atoms with van der Waals surface area (Å²) in [5, 5.41) is 11.5. The third-order valence-electron chi connectivity index (χ3n) is 2.97. The molecule has 0 bridgehead atoms. The number of phenolic OH excluding ortho intramolecular Hbond substituents is 1. The number of rotatable bonds is 3. The lowest BCUT2D eigenvalue weighted by atomic mass is 10.1. The molecule has 0 amide bonds. The van der Waals surface area contributed by atoms with Gasteiger partial charge >= 0.3 is 0 Å². The first-order valence-corrected chi connectivity index (χ1v) is 6.16. The number of fused-ring (bicyclic) bond motifs is 1. The second-order valence-corrected chi connectivity index (χ2v) is 4.31. The number of hydrogen-bond acceptors (Lipinski definition) is 4. The van der Waals surface area contributed by atoms with Crippen LogP contribution in [0.3, 0.4) is 0 Å². The number of ether oxygens (including phenoxy) is 2. The molecule has 3 rings (SSSR count). The van der Waals surface area contributed by atoms with Gasteiger partial charge in [0.1, 0.15) is 11.5 Å². The molecule has 4 nitrogen and oxygen atoms in total. The zero-order valence-electron chi connectivity index (χ0n) is 10.9. The molecule has 0 aliphatic heterocycles. The molecule has 0 spiro atoms. The van der Waals surface area contributed by atoms with Crippen LogP contribution in [-0.2, 0) is 0 Å². The van der Waals surface area contributed by atoms with E-state index in [-0.39, 0.29) is 5.75 Å². The van der Waals surface area contributed by atoms with Crippen LogP contribution in [-0.4, -0.2) is 17.2 Å². The van der Waals surface area contributed by atoms with Crippen molar-refractivity contribution in [1.82, 2.24) is 4.98 Å². The van der Waals surface area contributed by atoms with Gasteiger partial charge in [0, 0.05) is 6.20 Å². The van der Waals surface area contributed by atoms with Crippen molar-refractivity contribution in [3.8, 4) is 23.1 Å². The van der Waals surface area contributed by atoms with Crippen LogP contribution in [0.5, 0.6) is 23.1 Å². The molecule has 1 aromatic heterocycles. The monoisotopic (exact) mass is 267 g/mol. The van der Waals surface area contributed by atoms with Gasteiger partial charge in [-0.2, -0.15) is 0 Å². The Morgan fingerprint density at radius 2 is 1.85 bits per heavy atom. The lowest BCUT2D eigenvalue weighted by Crippen LogP contribution is -1.92. The minimum Gasteiger partial charge on any atom is -0.508 e. The Balaban J connectivity index is 1.98. The minimum atomic E-state index is 0.227. The third kappa shape index (κ3) is 2.36. The molecular formula is C16H13NO3. The maximum Gasteiger partial charge on any atom is 0.262 e. The summed E-state index contributed by atoms with van der Waals surface area (Å²) in [4.78, 5) is 4.15. The Morgan fingerprint density at radius 3 is 2.70 bits per heavy atom. The second kappa shape index (κ2) is 5.09. The molecule has 0 unspecified atom stereocenters. The van der Waals surface area contributed by atoms with Crippen molar-refractivity contribution in [3.05, 3.63) is 54.7 Å². The maximum atomic E-state index is 9.52. The average Bonchev–Trinajstić information content (AvgIpc) is 2.47. The molecule has 2 aromatic carbocycles. The Labute approximate surface area is 116 Å². The van der Waals surface area contributed by atoms with Gasteiger partial charge < -0.3 is 14.6 Å². The summed E-state index contributed by atoms with van der Waals surface area (Å²) in [6.07, 6.45) is 1.64. The smallest absolute Gasteiger partial charge is 0.262 e. The van der Waals surface area contributed by atoms with Crippen molar-refractivity contribution >= 4 is 10.8 Å². The zero-order chi connectivity index (χ0) is 13.9. The highest BCUT2D eigenvalue weighted by molar-refractivity contribution is 5.85. The summed E-state index contributed by atoms with van der Waals surface area (Å²) in [6.45, 7) is 0. The van der Waals surface area contributed by atoms with Crippen LogP contribution in [0.4, 0.5) is 0 Å². The quantitative estimate of drug-likeness (QED) is 0.785. The van der Waals surface area contributed by atoms with Crippen LogP contribution in [0.25, 0.3) is 10.8 Å². The molecule has 0 aliphatic rings. The lowest BCUT2D eigenvalue weighted by Gasteiger charge is -2.09. The van der Waals surface area contributed by atoms with Crippen LogP contribution in [0, 0.1) is 0 Å².